The molecule has 0 aliphatic heterocycles. The van der Waals surface area contributed by atoms with Crippen molar-refractivity contribution < 1.29 is 13.9 Å². The van der Waals surface area contributed by atoms with Crippen LogP contribution in [0.15, 0.2) is 79.1 Å². The van der Waals surface area contributed by atoms with E-state index in [9.17, 15) is 4.79 Å². The van der Waals surface area contributed by atoms with Crippen molar-refractivity contribution in [3.8, 4) is 17.0 Å². The number of aromatic nitrogens is 3. The zero-order chi connectivity index (χ0) is 29.8. The Balaban J connectivity index is 1.72. The van der Waals surface area contributed by atoms with Crippen LogP contribution in [0, 0.1) is 5.82 Å². The summed E-state index contributed by atoms with van der Waals surface area (Å²) in [4.78, 5) is 23.7. The van der Waals surface area contributed by atoms with Gasteiger partial charge in [-0.3, -0.25) is 4.79 Å². The van der Waals surface area contributed by atoms with E-state index in [1.54, 1.807) is 30.9 Å². The summed E-state index contributed by atoms with van der Waals surface area (Å²) in [5, 5.41) is 5.24. The summed E-state index contributed by atoms with van der Waals surface area (Å²) in [5.74, 6) is 0.521. The molecule has 0 saturated carbocycles. The van der Waals surface area contributed by atoms with Gasteiger partial charge in [-0.25, -0.2) is 14.4 Å². The fraction of sp³-hybridized carbons (Fsp3) is 0.242. The lowest BCUT2D eigenvalue weighted by Crippen LogP contribution is -2.28. The van der Waals surface area contributed by atoms with Crippen molar-refractivity contribution in [2.45, 2.75) is 32.9 Å². The molecule has 3 aromatic carbocycles. The van der Waals surface area contributed by atoms with Crippen molar-refractivity contribution in [1.82, 2.24) is 19.4 Å². The van der Waals surface area contributed by atoms with Crippen molar-refractivity contribution in [2.24, 2.45) is 0 Å². The number of nitrogen functional groups attached to an aromatic ring is 1. The Hall–Kier alpha value is -4.92. The number of aryl methyl sites for hydroxylation is 1. The van der Waals surface area contributed by atoms with Crippen LogP contribution in [0.4, 0.5) is 15.9 Å². The van der Waals surface area contributed by atoms with E-state index < -0.39 is 11.9 Å². The van der Waals surface area contributed by atoms with Crippen molar-refractivity contribution in [2.75, 3.05) is 31.8 Å². The second-order valence-electron chi connectivity index (χ2n) is 10.3. The van der Waals surface area contributed by atoms with Crippen LogP contribution in [-0.4, -0.2) is 46.0 Å². The highest BCUT2D eigenvalue weighted by Gasteiger charge is 2.28. The van der Waals surface area contributed by atoms with Crippen molar-refractivity contribution in [3.05, 3.63) is 102 Å². The Morgan fingerprint density at radius 1 is 1.10 bits per heavy atom. The predicted octanol–water partition coefficient (Wildman–Crippen LogP) is 6.07. The number of pyridine rings is 1. The lowest BCUT2D eigenvalue weighted by atomic mass is 9.99. The predicted molar refractivity (Wildman–Crippen MR) is 165 cm³/mol. The molecule has 2 heterocycles. The minimum absolute atomic E-state index is 0.0354. The number of nitrogens with zero attached hydrogens (tertiary/aromatic N) is 4. The van der Waals surface area contributed by atoms with Gasteiger partial charge >= 0.3 is 0 Å². The minimum atomic E-state index is -0.764. The molecule has 0 radical (unpaired) electrons. The van der Waals surface area contributed by atoms with Gasteiger partial charge in [0, 0.05) is 48.7 Å². The zero-order valence-corrected chi connectivity index (χ0v) is 24.3. The molecule has 0 aliphatic rings. The lowest BCUT2D eigenvalue weighted by Gasteiger charge is -2.24. The van der Waals surface area contributed by atoms with Gasteiger partial charge in [0.15, 0.2) is 11.6 Å². The fourth-order valence-corrected chi connectivity index (χ4v) is 4.92. The van der Waals surface area contributed by atoms with Crippen LogP contribution in [0.5, 0.6) is 5.75 Å². The molecule has 0 fully saturated rings. The third-order valence-electron chi connectivity index (χ3n) is 7.19. The average molecular weight is 567 g/mol. The molecule has 5 aromatic rings. The van der Waals surface area contributed by atoms with Gasteiger partial charge < -0.3 is 25.3 Å². The highest BCUT2D eigenvalue weighted by atomic mass is 19.1. The minimum Gasteiger partial charge on any atom is -0.491 e. The maximum Gasteiger partial charge on any atom is 0.242 e. The smallest absolute Gasteiger partial charge is 0.242 e. The number of nitrogens with one attached hydrogen (secondary N) is 1. The second kappa shape index (κ2) is 12.3. The Morgan fingerprint density at radius 3 is 2.60 bits per heavy atom. The standard InChI is InChI=1S/C33H35FN6O2/c1-5-21-16-26(30(34)28(17-21)42-6-2)31(37-24-12-13-25-23(18-24)14-15-36-32(25)35)33-38-27(22-10-8-7-9-11-22)19-40(33)20-29(41)39(3)4/h7-19,31,37H,5-6,20H2,1-4H3,(H2,35,36). The molecule has 1 amide bonds. The SMILES string of the molecule is CCOc1cc(CC)cc(C(Nc2ccc3c(N)nccc3c2)c2nc(-c3ccccc3)cn2CC(=O)N(C)C)c1F. The maximum atomic E-state index is 16.3. The second-order valence-corrected chi connectivity index (χ2v) is 10.3. The number of anilines is 2. The summed E-state index contributed by atoms with van der Waals surface area (Å²) in [5.41, 5.74) is 9.68. The molecule has 3 N–H and O–H groups in total. The molecule has 9 heteroatoms. The van der Waals surface area contributed by atoms with Crippen molar-refractivity contribution in [3.63, 3.8) is 0 Å². The summed E-state index contributed by atoms with van der Waals surface area (Å²) in [6, 6.07) is 20.1. The summed E-state index contributed by atoms with van der Waals surface area (Å²) in [7, 11) is 3.42. The third-order valence-corrected chi connectivity index (χ3v) is 7.19. The molecule has 2 aromatic heterocycles. The Bertz CT molecular complexity index is 1720. The molecule has 8 nitrogen and oxygen atoms in total. The number of nitrogens with two attached hydrogens (primary N) is 1. The number of hydrogen-bond donors (Lipinski definition) is 2. The highest BCUT2D eigenvalue weighted by molar-refractivity contribution is 5.93. The number of rotatable bonds is 10. The number of imidazole rings is 1. The van der Waals surface area contributed by atoms with E-state index in [0.717, 1.165) is 27.6 Å². The Labute approximate surface area is 245 Å². The molecule has 5 rings (SSSR count). The molecule has 0 bridgehead atoms. The molecule has 0 aliphatic carbocycles. The van der Waals surface area contributed by atoms with Gasteiger partial charge in [0.05, 0.1) is 12.3 Å². The quantitative estimate of drug-likeness (QED) is 0.213. The molecule has 216 valence electrons. The number of carbonyl (C=O) groups excluding carboxylic acids is 1. The number of benzene rings is 3. The van der Waals surface area contributed by atoms with Gasteiger partial charge in [-0.1, -0.05) is 43.3 Å². The van der Waals surface area contributed by atoms with Crippen LogP contribution in [0.25, 0.3) is 22.0 Å². The van der Waals surface area contributed by atoms with Crippen LogP contribution in [0.1, 0.15) is 36.8 Å². The normalized spacial score (nSPS) is 11.8. The number of halogens is 1. The average Bonchev–Trinajstić information content (AvgIpc) is 3.41. The summed E-state index contributed by atoms with van der Waals surface area (Å²) < 4.78 is 23.8. The van der Waals surface area contributed by atoms with E-state index in [1.165, 1.54) is 4.90 Å². The van der Waals surface area contributed by atoms with Gasteiger partial charge in [-0.05, 0) is 54.6 Å². The van der Waals surface area contributed by atoms with E-state index in [2.05, 4.69) is 10.3 Å². The monoisotopic (exact) mass is 566 g/mol. The number of amides is 1. The molecule has 1 atom stereocenters. The van der Waals surface area contributed by atoms with Crippen LogP contribution < -0.4 is 15.8 Å². The number of fused-ring (bicyclic) bond motifs is 1. The first-order valence-corrected chi connectivity index (χ1v) is 14.0. The highest BCUT2D eigenvalue weighted by Crippen LogP contribution is 2.36. The number of likely N-dealkylation sites (N-methyl/N-ethyl adjacent to an activating group) is 1. The third kappa shape index (κ3) is 5.90. The molecular weight excluding hydrogens is 531 g/mol. The molecule has 1 unspecified atom stereocenters. The maximum absolute atomic E-state index is 16.3. The van der Waals surface area contributed by atoms with Gasteiger partial charge in [0.1, 0.15) is 24.2 Å². The lowest BCUT2D eigenvalue weighted by molar-refractivity contribution is -0.129. The molecular formula is C33H35FN6O2. The van der Waals surface area contributed by atoms with Crippen LogP contribution >= 0.6 is 0 Å². The zero-order valence-electron chi connectivity index (χ0n) is 24.3. The van der Waals surface area contributed by atoms with Gasteiger partial charge in [-0.15, -0.1) is 0 Å². The summed E-state index contributed by atoms with van der Waals surface area (Å²) >= 11 is 0. The van der Waals surface area contributed by atoms with Crippen LogP contribution in [-0.2, 0) is 17.8 Å². The molecule has 42 heavy (non-hydrogen) atoms. The largest absolute Gasteiger partial charge is 0.491 e. The van der Waals surface area contributed by atoms with E-state index in [1.807, 2.05) is 80.7 Å². The molecule has 0 spiro atoms. The summed E-state index contributed by atoms with van der Waals surface area (Å²) in [6.07, 6.45) is 4.19. The van der Waals surface area contributed by atoms with Crippen molar-refractivity contribution in [1.29, 1.82) is 0 Å². The van der Waals surface area contributed by atoms with E-state index in [-0.39, 0.29) is 18.2 Å². The van der Waals surface area contributed by atoms with E-state index in [4.69, 9.17) is 15.5 Å². The number of hydrogen-bond acceptors (Lipinski definition) is 6. The Kier molecular flexibility index (Phi) is 8.38. The first kappa shape index (κ1) is 28.6. The van der Waals surface area contributed by atoms with E-state index in [0.29, 0.717) is 35.9 Å². The summed E-state index contributed by atoms with van der Waals surface area (Å²) in [6.45, 7) is 4.20. The van der Waals surface area contributed by atoms with Crippen LogP contribution in [0.2, 0.25) is 0 Å². The topological polar surface area (TPSA) is 98.3 Å². The fourth-order valence-electron chi connectivity index (χ4n) is 4.92. The van der Waals surface area contributed by atoms with Gasteiger partial charge in [0.2, 0.25) is 5.91 Å². The number of carbonyl (C=O) groups is 1. The van der Waals surface area contributed by atoms with Gasteiger partial charge in [-0.2, -0.15) is 0 Å². The van der Waals surface area contributed by atoms with Gasteiger partial charge in [0.25, 0.3) is 0 Å². The Morgan fingerprint density at radius 2 is 1.88 bits per heavy atom. The van der Waals surface area contributed by atoms with Crippen LogP contribution in [0.3, 0.4) is 0 Å². The van der Waals surface area contributed by atoms with E-state index >= 15 is 4.39 Å². The van der Waals surface area contributed by atoms with Crippen molar-refractivity contribution >= 4 is 28.2 Å². The molecule has 0 saturated heterocycles. The first-order valence-electron chi connectivity index (χ1n) is 14.0. The number of ether oxygens (including phenoxy) is 1. The first-order chi connectivity index (χ1) is 20.3.